The van der Waals surface area contributed by atoms with Crippen molar-refractivity contribution in [2.75, 3.05) is 12.0 Å². The molecule has 0 saturated carbocycles. The second-order valence-electron chi connectivity index (χ2n) is 3.80. The van der Waals surface area contributed by atoms with E-state index in [1.807, 2.05) is 6.92 Å². The molecule has 0 spiro atoms. The summed E-state index contributed by atoms with van der Waals surface area (Å²) in [6.45, 7) is 2.16. The summed E-state index contributed by atoms with van der Waals surface area (Å²) in [6, 6.07) is 4.95. The molecule has 0 aliphatic carbocycles. The summed E-state index contributed by atoms with van der Waals surface area (Å²) in [5.41, 5.74) is 6.16. The number of anilines is 1. The topological polar surface area (TPSA) is 62.7 Å². The second-order valence-corrected chi connectivity index (χ2v) is 4.62. The maximum absolute atomic E-state index is 11.4. The maximum atomic E-state index is 11.4. The lowest BCUT2D eigenvalue weighted by Crippen LogP contribution is -2.41. The van der Waals surface area contributed by atoms with Gasteiger partial charge in [-0.1, -0.05) is 23.2 Å². The number of hydrazine groups is 1. The summed E-state index contributed by atoms with van der Waals surface area (Å²) in [7, 11) is 0. The maximum Gasteiger partial charge on any atom is 0.375 e. The average molecular weight is 288 g/mol. The van der Waals surface area contributed by atoms with E-state index >= 15 is 0 Å². The minimum Gasteiger partial charge on any atom is -0.458 e. The molecule has 1 heterocycles. The van der Waals surface area contributed by atoms with Gasteiger partial charge >= 0.3 is 5.97 Å². The van der Waals surface area contributed by atoms with Gasteiger partial charge in [0.05, 0.1) is 21.8 Å². The van der Waals surface area contributed by atoms with Crippen LogP contribution in [0.1, 0.15) is 6.92 Å². The van der Waals surface area contributed by atoms with Crippen LogP contribution in [0.15, 0.2) is 23.2 Å². The average Bonchev–Trinajstić information content (AvgIpc) is 2.34. The highest BCUT2D eigenvalue weighted by Gasteiger charge is 2.20. The quantitative estimate of drug-likeness (QED) is 0.647. The van der Waals surface area contributed by atoms with E-state index < -0.39 is 5.97 Å². The highest BCUT2D eigenvalue weighted by molar-refractivity contribution is 6.42. The van der Waals surface area contributed by atoms with Gasteiger partial charge in [0.1, 0.15) is 6.61 Å². The van der Waals surface area contributed by atoms with E-state index in [1.165, 1.54) is 0 Å². The number of nitrogens with zero attached hydrogens (tertiary/aromatic N) is 1. The first-order valence-corrected chi connectivity index (χ1v) is 6.04. The Balaban J connectivity index is 2.02. The molecule has 0 saturated heterocycles. The van der Waals surface area contributed by atoms with Crippen molar-refractivity contribution in [3.05, 3.63) is 28.2 Å². The fourth-order valence-corrected chi connectivity index (χ4v) is 1.66. The minimum atomic E-state index is -0.485. The van der Waals surface area contributed by atoms with Crippen molar-refractivity contribution < 1.29 is 9.53 Å². The largest absolute Gasteiger partial charge is 0.458 e. The molecule has 2 N–H and O–H groups in total. The molecule has 7 heteroatoms. The Labute approximate surface area is 114 Å². The van der Waals surface area contributed by atoms with Crippen LogP contribution in [0.2, 0.25) is 10.0 Å². The van der Waals surface area contributed by atoms with Crippen LogP contribution in [0.5, 0.6) is 0 Å². The number of esters is 1. The SMILES string of the molecule is C[C@H]1COC(=O)C(NNc2ccc(Cl)c(Cl)c2)=N1. The molecule has 1 aliphatic heterocycles. The number of rotatable bonds is 2. The molecular weight excluding hydrogens is 277 g/mol. The number of hydrogen-bond donors (Lipinski definition) is 2. The van der Waals surface area contributed by atoms with Crippen LogP contribution < -0.4 is 10.9 Å². The lowest BCUT2D eigenvalue weighted by molar-refractivity contribution is -0.137. The smallest absolute Gasteiger partial charge is 0.375 e. The number of halogens is 2. The predicted molar refractivity (Wildman–Crippen MR) is 71.1 cm³/mol. The lowest BCUT2D eigenvalue weighted by atomic mass is 10.3. The molecule has 0 unspecified atom stereocenters. The van der Waals surface area contributed by atoms with Crippen LogP contribution in [0, 0.1) is 0 Å². The van der Waals surface area contributed by atoms with Crippen LogP contribution in [-0.4, -0.2) is 24.5 Å². The van der Waals surface area contributed by atoms with Gasteiger partial charge in [-0.15, -0.1) is 0 Å². The molecule has 0 aromatic heterocycles. The Morgan fingerprint density at radius 3 is 2.83 bits per heavy atom. The number of nitrogens with one attached hydrogen (secondary N) is 2. The third-order valence-corrected chi connectivity index (χ3v) is 2.98. The van der Waals surface area contributed by atoms with Gasteiger partial charge in [-0.25, -0.2) is 4.79 Å². The zero-order valence-corrected chi connectivity index (χ0v) is 11.0. The van der Waals surface area contributed by atoms with Gasteiger partial charge in [-0.05, 0) is 25.1 Å². The summed E-state index contributed by atoms with van der Waals surface area (Å²) < 4.78 is 4.91. The Morgan fingerprint density at radius 2 is 2.11 bits per heavy atom. The van der Waals surface area contributed by atoms with Crippen molar-refractivity contribution in [3.8, 4) is 0 Å². The first kappa shape index (κ1) is 13.0. The van der Waals surface area contributed by atoms with Gasteiger partial charge in [0.15, 0.2) is 0 Å². The van der Waals surface area contributed by atoms with E-state index in [4.69, 9.17) is 27.9 Å². The number of aliphatic imine (C=N–C) groups is 1. The molecular formula is C11H11Cl2N3O2. The van der Waals surface area contributed by atoms with Crippen molar-refractivity contribution >= 4 is 40.7 Å². The molecule has 0 amide bonds. The Hall–Kier alpha value is -1.46. The molecule has 0 radical (unpaired) electrons. The number of hydrogen-bond acceptors (Lipinski definition) is 5. The van der Waals surface area contributed by atoms with Crippen molar-refractivity contribution in [1.82, 2.24) is 5.43 Å². The summed E-state index contributed by atoms with van der Waals surface area (Å²) in [5.74, 6) is -0.347. The third-order valence-electron chi connectivity index (χ3n) is 2.24. The molecule has 18 heavy (non-hydrogen) atoms. The molecule has 1 aromatic carbocycles. The van der Waals surface area contributed by atoms with Crippen molar-refractivity contribution in [3.63, 3.8) is 0 Å². The van der Waals surface area contributed by atoms with Gasteiger partial charge in [-0.3, -0.25) is 15.8 Å². The van der Waals surface area contributed by atoms with E-state index in [9.17, 15) is 4.79 Å². The van der Waals surface area contributed by atoms with Crippen LogP contribution in [0.4, 0.5) is 5.69 Å². The molecule has 0 bridgehead atoms. The van der Waals surface area contributed by atoms with Gasteiger partial charge in [-0.2, -0.15) is 0 Å². The molecule has 1 aromatic rings. The monoisotopic (exact) mass is 287 g/mol. The number of amidine groups is 1. The first-order chi connectivity index (χ1) is 8.56. The van der Waals surface area contributed by atoms with Crippen LogP contribution >= 0.6 is 23.2 Å². The highest BCUT2D eigenvalue weighted by Crippen LogP contribution is 2.24. The lowest BCUT2D eigenvalue weighted by Gasteiger charge is -2.18. The van der Waals surface area contributed by atoms with E-state index in [1.54, 1.807) is 18.2 Å². The number of benzene rings is 1. The van der Waals surface area contributed by atoms with Gasteiger partial charge < -0.3 is 4.74 Å². The fraction of sp³-hybridized carbons (Fsp3) is 0.273. The summed E-state index contributed by atoms with van der Waals surface area (Å²) in [5, 5.41) is 0.884. The third kappa shape index (κ3) is 3.05. The van der Waals surface area contributed by atoms with E-state index in [0.717, 1.165) is 0 Å². The number of carbonyl (C=O) groups excluding carboxylic acids is 1. The predicted octanol–water partition coefficient (Wildman–Crippen LogP) is 2.25. The van der Waals surface area contributed by atoms with Crippen LogP contribution in [0.3, 0.4) is 0 Å². The summed E-state index contributed by atoms with van der Waals surface area (Å²) >= 11 is 11.7. The molecule has 96 valence electrons. The number of cyclic esters (lactones) is 1. The van der Waals surface area contributed by atoms with Gasteiger partial charge in [0.2, 0.25) is 5.84 Å². The minimum absolute atomic E-state index is 0.0548. The zero-order valence-electron chi connectivity index (χ0n) is 9.54. The normalized spacial score (nSPS) is 18.9. The Morgan fingerprint density at radius 1 is 1.33 bits per heavy atom. The van der Waals surface area contributed by atoms with Crippen LogP contribution in [0.25, 0.3) is 0 Å². The molecule has 5 nitrogen and oxygen atoms in total. The van der Waals surface area contributed by atoms with Crippen molar-refractivity contribution in [2.45, 2.75) is 13.0 Å². The molecule has 1 atom stereocenters. The fourth-order valence-electron chi connectivity index (χ4n) is 1.36. The zero-order chi connectivity index (χ0) is 13.1. The summed E-state index contributed by atoms with van der Waals surface area (Å²) in [4.78, 5) is 15.5. The van der Waals surface area contributed by atoms with Gasteiger partial charge in [0, 0.05) is 0 Å². The Bertz CT molecular complexity index is 505. The van der Waals surface area contributed by atoms with E-state index in [2.05, 4.69) is 15.8 Å². The summed E-state index contributed by atoms with van der Waals surface area (Å²) in [6.07, 6.45) is 0. The number of ether oxygens (including phenoxy) is 1. The van der Waals surface area contributed by atoms with E-state index in [0.29, 0.717) is 22.3 Å². The number of carbonyl (C=O) groups is 1. The van der Waals surface area contributed by atoms with Crippen molar-refractivity contribution in [1.29, 1.82) is 0 Å². The van der Waals surface area contributed by atoms with Crippen LogP contribution in [-0.2, 0) is 9.53 Å². The molecule has 1 aliphatic rings. The van der Waals surface area contributed by atoms with Crippen molar-refractivity contribution in [2.24, 2.45) is 4.99 Å². The van der Waals surface area contributed by atoms with E-state index in [-0.39, 0.29) is 11.9 Å². The second kappa shape index (κ2) is 5.46. The molecule has 0 fully saturated rings. The Kier molecular flexibility index (Phi) is 3.93. The standard InChI is InChI=1S/C11H11Cl2N3O2/c1-6-5-18-11(17)10(14-6)16-15-7-2-3-8(12)9(13)4-7/h2-4,6,15H,5H2,1H3,(H,14,16)/t6-/m0/s1. The molecule has 2 rings (SSSR count). The van der Waals surface area contributed by atoms with Gasteiger partial charge in [0.25, 0.3) is 0 Å². The highest BCUT2D eigenvalue weighted by atomic mass is 35.5. The first-order valence-electron chi connectivity index (χ1n) is 5.28.